The number of carbonyl (C=O) groups is 2. The second-order valence-electron chi connectivity index (χ2n) is 5.83. The highest BCUT2D eigenvalue weighted by molar-refractivity contribution is 5.98. The van der Waals surface area contributed by atoms with Crippen LogP contribution in [0.15, 0.2) is 54.6 Å². The van der Waals surface area contributed by atoms with Crippen molar-refractivity contribution in [3.05, 3.63) is 65.7 Å². The van der Waals surface area contributed by atoms with Crippen molar-refractivity contribution in [2.24, 2.45) is 5.73 Å². The van der Waals surface area contributed by atoms with Crippen molar-refractivity contribution >= 4 is 24.2 Å². The number of ether oxygens (including phenoxy) is 1. The Kier molecular flexibility index (Phi) is 9.93. The van der Waals surface area contributed by atoms with Crippen LogP contribution >= 0.6 is 12.4 Å². The fourth-order valence-electron chi connectivity index (χ4n) is 2.49. The molecule has 0 aliphatic carbocycles. The quantitative estimate of drug-likeness (QED) is 0.572. The number of nitrogens with two attached hydrogens (primary N) is 1. The monoisotopic (exact) mass is 391 g/mol. The minimum Gasteiger partial charge on any atom is -0.497 e. The highest BCUT2D eigenvalue weighted by Gasteiger charge is 2.22. The molecular weight excluding hydrogens is 366 g/mol. The first-order valence-corrected chi connectivity index (χ1v) is 8.63. The molecule has 0 saturated heterocycles. The molecule has 7 heteroatoms. The predicted octanol–water partition coefficient (Wildman–Crippen LogP) is 2.44. The fourth-order valence-corrected chi connectivity index (χ4v) is 2.49. The molecular formula is C20H26ClN3O3. The summed E-state index contributed by atoms with van der Waals surface area (Å²) < 4.78 is 5.10. The van der Waals surface area contributed by atoms with Crippen LogP contribution in [-0.2, 0) is 4.79 Å². The Balaban J connectivity index is 0.00000364. The zero-order valence-corrected chi connectivity index (χ0v) is 16.1. The van der Waals surface area contributed by atoms with Crippen LogP contribution in [0.4, 0.5) is 0 Å². The molecule has 0 bridgehead atoms. The number of unbranched alkanes of at least 4 members (excludes halogenated alkanes) is 1. The second-order valence-corrected chi connectivity index (χ2v) is 5.83. The van der Waals surface area contributed by atoms with Gasteiger partial charge in [-0.3, -0.25) is 9.59 Å². The summed E-state index contributed by atoms with van der Waals surface area (Å²) in [4.78, 5) is 25.2. The molecule has 0 fully saturated rings. The van der Waals surface area contributed by atoms with Crippen molar-refractivity contribution in [1.29, 1.82) is 0 Å². The molecule has 2 aromatic carbocycles. The largest absolute Gasteiger partial charge is 0.497 e. The summed E-state index contributed by atoms with van der Waals surface area (Å²) in [5.74, 6) is 0.104. The number of benzene rings is 2. The van der Waals surface area contributed by atoms with Crippen LogP contribution in [0.2, 0.25) is 0 Å². The number of amides is 2. The first-order valence-electron chi connectivity index (χ1n) is 8.63. The highest BCUT2D eigenvalue weighted by Crippen LogP contribution is 2.16. The van der Waals surface area contributed by atoms with E-state index in [1.807, 2.05) is 30.3 Å². The van der Waals surface area contributed by atoms with Crippen molar-refractivity contribution in [1.82, 2.24) is 10.6 Å². The molecule has 27 heavy (non-hydrogen) atoms. The standard InChI is InChI=1S/C20H25N3O3.ClH/c1-26-17-11-9-16(10-12-17)19(24)23-18(15-7-3-2-4-8-15)20(25)22-14-6-5-13-21;/h2-4,7-12,18H,5-6,13-14,21H2,1H3,(H,22,25)(H,23,24);1H. The van der Waals surface area contributed by atoms with E-state index < -0.39 is 6.04 Å². The van der Waals surface area contributed by atoms with E-state index in [2.05, 4.69) is 10.6 Å². The summed E-state index contributed by atoms with van der Waals surface area (Å²) in [6.07, 6.45) is 1.64. The van der Waals surface area contributed by atoms with E-state index in [9.17, 15) is 9.59 Å². The third kappa shape index (κ3) is 6.92. The van der Waals surface area contributed by atoms with E-state index in [-0.39, 0.29) is 24.2 Å². The minimum absolute atomic E-state index is 0. The zero-order chi connectivity index (χ0) is 18.8. The van der Waals surface area contributed by atoms with Crippen LogP contribution in [0, 0.1) is 0 Å². The third-order valence-corrected chi connectivity index (χ3v) is 3.95. The van der Waals surface area contributed by atoms with Crippen LogP contribution in [0.1, 0.15) is 34.8 Å². The molecule has 0 saturated carbocycles. The van der Waals surface area contributed by atoms with Gasteiger partial charge in [0.25, 0.3) is 5.91 Å². The predicted molar refractivity (Wildman–Crippen MR) is 108 cm³/mol. The molecule has 4 N–H and O–H groups in total. The van der Waals surface area contributed by atoms with Gasteiger partial charge in [-0.2, -0.15) is 0 Å². The summed E-state index contributed by atoms with van der Waals surface area (Å²) in [6.45, 7) is 1.12. The highest BCUT2D eigenvalue weighted by atomic mass is 35.5. The Hall–Kier alpha value is -2.57. The van der Waals surface area contributed by atoms with Gasteiger partial charge in [0, 0.05) is 12.1 Å². The average molecular weight is 392 g/mol. The van der Waals surface area contributed by atoms with Gasteiger partial charge in [0.2, 0.25) is 5.91 Å². The lowest BCUT2D eigenvalue weighted by Gasteiger charge is -2.19. The maximum absolute atomic E-state index is 12.6. The Labute approximate surface area is 165 Å². The number of carbonyl (C=O) groups excluding carboxylic acids is 2. The molecule has 2 amide bonds. The first kappa shape index (κ1) is 22.5. The molecule has 146 valence electrons. The van der Waals surface area contributed by atoms with Crippen LogP contribution in [0.5, 0.6) is 5.75 Å². The maximum Gasteiger partial charge on any atom is 0.252 e. The normalized spacial score (nSPS) is 11.0. The van der Waals surface area contributed by atoms with Gasteiger partial charge in [-0.25, -0.2) is 0 Å². The van der Waals surface area contributed by atoms with E-state index in [1.165, 1.54) is 0 Å². The number of hydrogen-bond acceptors (Lipinski definition) is 4. The molecule has 1 atom stereocenters. The number of methoxy groups -OCH3 is 1. The van der Waals surface area contributed by atoms with Crippen molar-refractivity contribution in [2.75, 3.05) is 20.2 Å². The zero-order valence-electron chi connectivity index (χ0n) is 15.3. The first-order chi connectivity index (χ1) is 12.7. The van der Waals surface area contributed by atoms with E-state index in [1.54, 1.807) is 31.4 Å². The summed E-state index contributed by atoms with van der Waals surface area (Å²) in [5, 5.41) is 5.67. The van der Waals surface area contributed by atoms with Crippen molar-refractivity contribution < 1.29 is 14.3 Å². The van der Waals surface area contributed by atoms with Gasteiger partial charge in [0.15, 0.2) is 0 Å². The van der Waals surface area contributed by atoms with Crippen molar-refractivity contribution in [2.45, 2.75) is 18.9 Å². The lowest BCUT2D eigenvalue weighted by atomic mass is 10.1. The fraction of sp³-hybridized carbons (Fsp3) is 0.300. The smallest absolute Gasteiger partial charge is 0.252 e. The molecule has 0 heterocycles. The molecule has 0 radical (unpaired) electrons. The average Bonchev–Trinajstić information content (AvgIpc) is 2.69. The Morgan fingerprint density at radius 1 is 1.04 bits per heavy atom. The number of hydrogen-bond donors (Lipinski definition) is 3. The van der Waals surface area contributed by atoms with Crippen LogP contribution in [0.3, 0.4) is 0 Å². The number of nitrogens with one attached hydrogen (secondary N) is 2. The van der Waals surface area contributed by atoms with Gasteiger partial charge in [0.1, 0.15) is 11.8 Å². The summed E-state index contributed by atoms with van der Waals surface area (Å²) in [6, 6.07) is 15.2. The van der Waals surface area contributed by atoms with Crippen LogP contribution < -0.4 is 21.1 Å². The van der Waals surface area contributed by atoms with Crippen LogP contribution in [0.25, 0.3) is 0 Å². The number of rotatable bonds is 9. The molecule has 0 aromatic heterocycles. The Bertz CT molecular complexity index is 708. The van der Waals surface area contributed by atoms with E-state index in [0.717, 1.165) is 18.4 Å². The van der Waals surface area contributed by atoms with E-state index in [4.69, 9.17) is 10.5 Å². The molecule has 1 unspecified atom stereocenters. The van der Waals surface area contributed by atoms with Gasteiger partial charge in [-0.15, -0.1) is 12.4 Å². The van der Waals surface area contributed by atoms with Gasteiger partial charge >= 0.3 is 0 Å². The van der Waals surface area contributed by atoms with Crippen LogP contribution in [-0.4, -0.2) is 32.0 Å². The summed E-state index contributed by atoms with van der Waals surface area (Å²) >= 11 is 0. The SMILES string of the molecule is COc1ccc(C(=O)NC(C(=O)NCCCCN)c2ccccc2)cc1.Cl. The van der Waals surface area contributed by atoms with Crippen molar-refractivity contribution in [3.63, 3.8) is 0 Å². The van der Waals surface area contributed by atoms with E-state index in [0.29, 0.717) is 24.4 Å². The van der Waals surface area contributed by atoms with Gasteiger partial charge in [-0.05, 0) is 49.2 Å². The molecule has 0 aliphatic heterocycles. The molecule has 6 nitrogen and oxygen atoms in total. The molecule has 2 aromatic rings. The van der Waals surface area contributed by atoms with Gasteiger partial charge < -0.3 is 21.1 Å². The lowest BCUT2D eigenvalue weighted by Crippen LogP contribution is -2.40. The summed E-state index contributed by atoms with van der Waals surface area (Å²) in [7, 11) is 1.56. The molecule has 0 spiro atoms. The number of halogens is 1. The third-order valence-electron chi connectivity index (χ3n) is 3.95. The molecule has 2 rings (SSSR count). The lowest BCUT2D eigenvalue weighted by molar-refractivity contribution is -0.123. The van der Waals surface area contributed by atoms with Crippen molar-refractivity contribution in [3.8, 4) is 5.75 Å². The van der Waals surface area contributed by atoms with Gasteiger partial charge in [0.05, 0.1) is 7.11 Å². The minimum atomic E-state index is -0.760. The van der Waals surface area contributed by atoms with E-state index >= 15 is 0 Å². The summed E-state index contributed by atoms with van der Waals surface area (Å²) in [5.41, 5.74) is 6.66. The Morgan fingerprint density at radius 2 is 1.70 bits per heavy atom. The molecule has 0 aliphatic rings. The Morgan fingerprint density at radius 3 is 2.30 bits per heavy atom. The van der Waals surface area contributed by atoms with Gasteiger partial charge in [-0.1, -0.05) is 30.3 Å². The maximum atomic E-state index is 12.6. The topological polar surface area (TPSA) is 93.4 Å². The second kappa shape index (κ2) is 11.9.